The Morgan fingerprint density at radius 3 is 2.48 bits per heavy atom. The van der Waals surface area contributed by atoms with Crippen LogP contribution in [0.2, 0.25) is 10.0 Å². The molecule has 1 aromatic heterocycles. The molecule has 168 valence electrons. The van der Waals surface area contributed by atoms with E-state index in [4.69, 9.17) is 23.2 Å². The molecule has 1 amide bonds. The number of hydrogen-bond acceptors (Lipinski definition) is 3. The van der Waals surface area contributed by atoms with Crippen LogP contribution in [0.5, 0.6) is 0 Å². The Hall–Kier alpha value is -2.67. The van der Waals surface area contributed by atoms with E-state index in [2.05, 4.69) is 45.2 Å². The highest BCUT2D eigenvalue weighted by Crippen LogP contribution is 2.30. The molecular formula is C25H21BrCl2N4O. The van der Waals surface area contributed by atoms with Gasteiger partial charge in [0.25, 0.3) is 5.91 Å². The lowest BCUT2D eigenvalue weighted by Gasteiger charge is -2.13. The summed E-state index contributed by atoms with van der Waals surface area (Å²) in [6.07, 6.45) is 0. The van der Waals surface area contributed by atoms with Crippen molar-refractivity contribution in [3.63, 3.8) is 0 Å². The lowest BCUT2D eigenvalue weighted by atomic mass is 10.0. The van der Waals surface area contributed by atoms with Crippen molar-refractivity contribution in [3.8, 4) is 17.1 Å². The first-order chi connectivity index (χ1) is 15.7. The summed E-state index contributed by atoms with van der Waals surface area (Å²) in [5.74, 6) is 0.397. The number of nitrogens with one attached hydrogen (secondary N) is 1. The fourth-order valence-corrected chi connectivity index (χ4v) is 4.17. The van der Waals surface area contributed by atoms with E-state index in [1.54, 1.807) is 16.8 Å². The van der Waals surface area contributed by atoms with Gasteiger partial charge in [-0.15, -0.1) is 5.10 Å². The largest absolute Gasteiger partial charge is 0.319 e. The van der Waals surface area contributed by atoms with Gasteiger partial charge in [-0.3, -0.25) is 4.79 Å². The number of carbonyl (C=O) groups is 1. The topological polar surface area (TPSA) is 59.8 Å². The molecule has 1 N–H and O–H groups in total. The number of carbonyl (C=O) groups excluding carboxylic acids is 1. The van der Waals surface area contributed by atoms with Crippen LogP contribution < -0.4 is 5.32 Å². The summed E-state index contributed by atoms with van der Waals surface area (Å²) in [4.78, 5) is 17.8. The first-order valence-electron chi connectivity index (χ1n) is 10.3. The molecule has 4 rings (SSSR count). The zero-order valence-electron chi connectivity index (χ0n) is 18.2. The summed E-state index contributed by atoms with van der Waals surface area (Å²) in [6.45, 7) is 6.05. The molecule has 4 aromatic rings. The highest BCUT2D eigenvalue weighted by atomic mass is 79.9. The monoisotopic (exact) mass is 542 g/mol. The van der Waals surface area contributed by atoms with Gasteiger partial charge in [-0.2, -0.15) is 0 Å². The van der Waals surface area contributed by atoms with Gasteiger partial charge in [0.05, 0.1) is 5.69 Å². The molecule has 0 saturated carbocycles. The van der Waals surface area contributed by atoms with Gasteiger partial charge in [0.1, 0.15) is 0 Å². The molecule has 33 heavy (non-hydrogen) atoms. The summed E-state index contributed by atoms with van der Waals surface area (Å²) in [5.41, 5.74) is 4.09. The van der Waals surface area contributed by atoms with E-state index in [1.807, 2.05) is 55.5 Å². The molecule has 0 saturated heterocycles. The number of rotatable bonds is 5. The van der Waals surface area contributed by atoms with E-state index in [0.29, 0.717) is 15.9 Å². The molecule has 5 nitrogen and oxygen atoms in total. The lowest BCUT2D eigenvalue weighted by molar-refractivity contribution is 0.101. The van der Waals surface area contributed by atoms with Crippen molar-refractivity contribution < 1.29 is 4.79 Å². The molecule has 0 aliphatic carbocycles. The van der Waals surface area contributed by atoms with E-state index in [-0.39, 0.29) is 11.7 Å². The SMILES string of the molecule is Cc1c(Cl)cccc1-n1nc(C(=O)Nc2ccc(Br)cc2C(C)C)nc1-c1ccc(Cl)cc1. The highest BCUT2D eigenvalue weighted by molar-refractivity contribution is 9.10. The average molecular weight is 544 g/mol. The minimum Gasteiger partial charge on any atom is -0.319 e. The van der Waals surface area contributed by atoms with Crippen molar-refractivity contribution in [2.24, 2.45) is 0 Å². The van der Waals surface area contributed by atoms with Gasteiger partial charge >= 0.3 is 0 Å². The van der Waals surface area contributed by atoms with E-state index in [9.17, 15) is 4.79 Å². The zero-order chi connectivity index (χ0) is 23.7. The zero-order valence-corrected chi connectivity index (χ0v) is 21.3. The van der Waals surface area contributed by atoms with Gasteiger partial charge in [0.2, 0.25) is 5.82 Å². The van der Waals surface area contributed by atoms with Crippen LogP contribution in [0.3, 0.4) is 0 Å². The van der Waals surface area contributed by atoms with E-state index < -0.39 is 5.91 Å². The van der Waals surface area contributed by atoms with Gasteiger partial charge in [-0.05, 0) is 78.6 Å². The quantitative estimate of drug-likeness (QED) is 0.280. The predicted molar refractivity (Wildman–Crippen MR) is 138 cm³/mol. The molecule has 0 aliphatic rings. The number of amides is 1. The van der Waals surface area contributed by atoms with Gasteiger partial charge in [-0.1, -0.05) is 59.0 Å². The van der Waals surface area contributed by atoms with Gasteiger partial charge < -0.3 is 5.32 Å². The minimum atomic E-state index is -0.395. The van der Waals surface area contributed by atoms with Crippen molar-refractivity contribution >= 4 is 50.7 Å². The Morgan fingerprint density at radius 2 is 1.79 bits per heavy atom. The molecule has 0 aliphatic heterocycles. The van der Waals surface area contributed by atoms with E-state index in [0.717, 1.165) is 32.5 Å². The number of nitrogens with zero attached hydrogens (tertiary/aromatic N) is 3. The van der Waals surface area contributed by atoms with Gasteiger partial charge in [0, 0.05) is 25.8 Å². The maximum absolute atomic E-state index is 13.2. The second-order valence-electron chi connectivity index (χ2n) is 7.90. The van der Waals surface area contributed by atoms with E-state index in [1.165, 1.54) is 0 Å². The molecule has 3 aromatic carbocycles. The van der Waals surface area contributed by atoms with Crippen molar-refractivity contribution in [2.45, 2.75) is 26.7 Å². The molecule has 0 atom stereocenters. The van der Waals surface area contributed by atoms with Crippen molar-refractivity contribution in [3.05, 3.63) is 92.1 Å². The predicted octanol–water partition coefficient (Wildman–Crippen LogP) is 7.69. The maximum Gasteiger partial charge on any atom is 0.295 e. The second-order valence-corrected chi connectivity index (χ2v) is 9.66. The standard InChI is InChI=1S/C25H21BrCl2N4O/c1-14(2)19-13-17(26)9-12-21(19)29-25(33)23-30-24(16-7-10-18(27)11-8-16)32(31-23)22-6-4-5-20(28)15(22)3/h4-14H,1-3H3,(H,29,33). The third kappa shape index (κ3) is 4.98. The summed E-state index contributed by atoms with van der Waals surface area (Å²) in [5, 5.41) is 8.74. The maximum atomic E-state index is 13.2. The number of aromatic nitrogens is 3. The van der Waals surface area contributed by atoms with Crippen LogP contribution in [0.15, 0.2) is 65.1 Å². The third-order valence-electron chi connectivity index (χ3n) is 5.26. The first-order valence-corrected chi connectivity index (χ1v) is 11.9. The van der Waals surface area contributed by atoms with Crippen molar-refractivity contribution in [1.82, 2.24) is 14.8 Å². The van der Waals surface area contributed by atoms with Crippen LogP contribution >= 0.6 is 39.1 Å². The summed E-state index contributed by atoms with van der Waals surface area (Å²) >= 11 is 15.9. The molecule has 0 spiro atoms. The summed E-state index contributed by atoms with van der Waals surface area (Å²) < 4.78 is 2.60. The lowest BCUT2D eigenvalue weighted by Crippen LogP contribution is -2.16. The molecule has 0 bridgehead atoms. The first kappa shape index (κ1) is 23.5. The molecule has 0 radical (unpaired) electrons. The van der Waals surface area contributed by atoms with Crippen molar-refractivity contribution in [2.75, 3.05) is 5.32 Å². The number of halogens is 3. The fourth-order valence-electron chi connectivity index (χ4n) is 3.49. The molecule has 0 unspecified atom stereocenters. The normalized spacial score (nSPS) is 11.1. The van der Waals surface area contributed by atoms with Gasteiger partial charge in [-0.25, -0.2) is 9.67 Å². The Balaban J connectivity index is 1.79. The smallest absolute Gasteiger partial charge is 0.295 e. The summed E-state index contributed by atoms with van der Waals surface area (Å²) in [6, 6.07) is 18.5. The van der Waals surface area contributed by atoms with Crippen LogP contribution in [-0.4, -0.2) is 20.7 Å². The molecule has 0 fully saturated rings. The van der Waals surface area contributed by atoms with E-state index >= 15 is 0 Å². The van der Waals surface area contributed by atoms with Crippen LogP contribution in [-0.2, 0) is 0 Å². The minimum absolute atomic E-state index is 0.0527. The van der Waals surface area contributed by atoms with Crippen LogP contribution in [0.1, 0.15) is 41.5 Å². The fraction of sp³-hybridized carbons (Fsp3) is 0.160. The Kier molecular flexibility index (Phi) is 6.88. The van der Waals surface area contributed by atoms with Crippen LogP contribution in [0, 0.1) is 6.92 Å². The number of hydrogen-bond donors (Lipinski definition) is 1. The Labute approximate surface area is 210 Å². The average Bonchev–Trinajstić information content (AvgIpc) is 3.22. The van der Waals surface area contributed by atoms with Crippen LogP contribution in [0.25, 0.3) is 17.1 Å². The van der Waals surface area contributed by atoms with Crippen molar-refractivity contribution in [1.29, 1.82) is 0 Å². The molecule has 1 heterocycles. The second kappa shape index (κ2) is 9.67. The Bertz CT molecular complexity index is 1330. The third-order valence-corrected chi connectivity index (χ3v) is 6.42. The molecule has 8 heteroatoms. The number of anilines is 1. The van der Waals surface area contributed by atoms with Crippen LogP contribution in [0.4, 0.5) is 5.69 Å². The number of benzene rings is 3. The Morgan fingerprint density at radius 1 is 1.06 bits per heavy atom. The summed E-state index contributed by atoms with van der Waals surface area (Å²) in [7, 11) is 0. The highest BCUT2D eigenvalue weighted by Gasteiger charge is 2.21. The molecular weight excluding hydrogens is 523 g/mol. The van der Waals surface area contributed by atoms with Gasteiger partial charge in [0.15, 0.2) is 5.82 Å².